The van der Waals surface area contributed by atoms with Crippen molar-refractivity contribution in [2.24, 2.45) is 11.8 Å². The van der Waals surface area contributed by atoms with E-state index in [2.05, 4.69) is 30.8 Å². The van der Waals surface area contributed by atoms with Gasteiger partial charge in [-0.1, -0.05) is 30.3 Å². The zero-order valence-corrected chi connectivity index (χ0v) is 19.4. The molecule has 1 aliphatic rings. The zero-order valence-electron chi connectivity index (χ0n) is 19.4. The molecule has 30 heavy (non-hydrogen) atoms. The molecule has 5 heteroatoms. The Kier molecular flexibility index (Phi) is 7.73. The van der Waals surface area contributed by atoms with E-state index in [0.717, 1.165) is 18.4 Å². The van der Waals surface area contributed by atoms with Crippen LogP contribution in [0.2, 0.25) is 0 Å². The number of amides is 1. The molecule has 0 N–H and O–H groups in total. The van der Waals surface area contributed by atoms with Gasteiger partial charge in [-0.15, -0.1) is 6.58 Å². The van der Waals surface area contributed by atoms with E-state index in [1.165, 1.54) is 5.56 Å². The summed E-state index contributed by atoms with van der Waals surface area (Å²) < 4.78 is 11.2. The minimum absolute atomic E-state index is 0.0419. The van der Waals surface area contributed by atoms with Crippen LogP contribution < -0.4 is 0 Å². The molecule has 1 saturated heterocycles. The van der Waals surface area contributed by atoms with Crippen LogP contribution in [0.15, 0.2) is 36.9 Å². The lowest BCUT2D eigenvalue weighted by molar-refractivity contribution is -0.161. The van der Waals surface area contributed by atoms with Crippen LogP contribution in [-0.2, 0) is 27.1 Å². The third-order valence-corrected chi connectivity index (χ3v) is 5.01. The lowest BCUT2D eigenvalue weighted by atomic mass is 9.85. The number of benzene rings is 1. The molecule has 1 amide bonds. The molecule has 0 saturated carbocycles. The summed E-state index contributed by atoms with van der Waals surface area (Å²) in [5.74, 6) is -0.462. The molecule has 5 nitrogen and oxygen atoms in total. The van der Waals surface area contributed by atoms with Crippen molar-refractivity contribution in [3.8, 4) is 0 Å². The van der Waals surface area contributed by atoms with Gasteiger partial charge in [0, 0.05) is 13.1 Å². The summed E-state index contributed by atoms with van der Waals surface area (Å²) >= 11 is 0. The summed E-state index contributed by atoms with van der Waals surface area (Å²) in [6.45, 7) is 16.1. The van der Waals surface area contributed by atoms with Gasteiger partial charge in [-0.3, -0.25) is 4.79 Å². The van der Waals surface area contributed by atoms with Crippen LogP contribution >= 0.6 is 0 Å². The number of allylic oxidation sites excluding steroid dienone is 1. The Labute approximate surface area is 181 Å². The van der Waals surface area contributed by atoms with Crippen LogP contribution in [0.25, 0.3) is 0 Å². The van der Waals surface area contributed by atoms with Crippen LogP contribution in [0, 0.1) is 11.8 Å². The van der Waals surface area contributed by atoms with Crippen molar-refractivity contribution < 1.29 is 19.1 Å². The van der Waals surface area contributed by atoms with Crippen molar-refractivity contribution in [2.45, 2.75) is 72.0 Å². The molecule has 1 aromatic carbocycles. The number of nitrogens with zero attached hydrogens (tertiary/aromatic N) is 1. The molecule has 1 aliphatic heterocycles. The number of carbonyl (C=O) groups is 2. The molecule has 2 atom stereocenters. The van der Waals surface area contributed by atoms with Crippen molar-refractivity contribution in [2.75, 3.05) is 13.1 Å². The average molecular weight is 416 g/mol. The second-order valence-electron chi connectivity index (χ2n) is 10.1. The highest BCUT2D eigenvalue weighted by molar-refractivity contribution is 5.74. The van der Waals surface area contributed by atoms with Crippen molar-refractivity contribution in [3.05, 3.63) is 48.0 Å². The Morgan fingerprint density at radius 1 is 1.07 bits per heavy atom. The van der Waals surface area contributed by atoms with Crippen LogP contribution in [0.5, 0.6) is 0 Å². The first-order valence-corrected chi connectivity index (χ1v) is 10.8. The first-order chi connectivity index (χ1) is 13.9. The summed E-state index contributed by atoms with van der Waals surface area (Å²) in [7, 11) is 0. The summed E-state index contributed by atoms with van der Waals surface area (Å²) in [6, 6.07) is 8.28. The van der Waals surface area contributed by atoms with E-state index in [0.29, 0.717) is 19.5 Å². The van der Waals surface area contributed by atoms with Gasteiger partial charge in [0.1, 0.15) is 11.2 Å². The van der Waals surface area contributed by atoms with Crippen LogP contribution in [0.4, 0.5) is 4.79 Å². The van der Waals surface area contributed by atoms with Gasteiger partial charge in [-0.25, -0.2) is 4.79 Å². The zero-order chi connectivity index (χ0) is 22.5. The predicted molar refractivity (Wildman–Crippen MR) is 119 cm³/mol. The van der Waals surface area contributed by atoms with Gasteiger partial charge in [0.2, 0.25) is 0 Å². The van der Waals surface area contributed by atoms with E-state index in [9.17, 15) is 9.59 Å². The first-order valence-electron chi connectivity index (χ1n) is 10.8. The van der Waals surface area contributed by atoms with Crippen molar-refractivity contribution in [1.29, 1.82) is 0 Å². The van der Waals surface area contributed by atoms with Crippen molar-refractivity contribution in [1.82, 2.24) is 4.90 Å². The molecule has 0 aliphatic carbocycles. The van der Waals surface area contributed by atoms with E-state index in [1.54, 1.807) is 4.90 Å². The summed E-state index contributed by atoms with van der Waals surface area (Å²) in [4.78, 5) is 27.2. The standard InChI is InChI=1S/C25H37NO4/c1-8-9-18-10-12-19(13-11-18)16-21(22(27)29-24(2,3)4)20-14-15-26(17-20)23(28)30-25(5,6)7/h8,10-13,20-21H,1,9,14-17H2,2-7H3/t20-,21-/m0/s1. The van der Waals surface area contributed by atoms with Crippen LogP contribution in [0.3, 0.4) is 0 Å². The molecule has 1 heterocycles. The molecule has 0 radical (unpaired) electrons. The number of hydrogen-bond donors (Lipinski definition) is 0. The smallest absolute Gasteiger partial charge is 0.410 e. The summed E-state index contributed by atoms with van der Waals surface area (Å²) in [5, 5.41) is 0. The highest BCUT2D eigenvalue weighted by Crippen LogP contribution is 2.30. The quantitative estimate of drug-likeness (QED) is 0.475. The van der Waals surface area contributed by atoms with Gasteiger partial charge in [0.15, 0.2) is 0 Å². The maximum Gasteiger partial charge on any atom is 0.410 e. The fourth-order valence-corrected chi connectivity index (χ4v) is 3.66. The molecular formula is C25H37NO4. The van der Waals surface area contributed by atoms with Crippen LogP contribution in [0.1, 0.15) is 59.1 Å². The summed E-state index contributed by atoms with van der Waals surface area (Å²) in [5.41, 5.74) is 1.20. The van der Waals surface area contributed by atoms with E-state index < -0.39 is 11.2 Å². The largest absolute Gasteiger partial charge is 0.460 e. The van der Waals surface area contributed by atoms with Gasteiger partial charge in [0.05, 0.1) is 5.92 Å². The number of esters is 1. The fraction of sp³-hybridized carbons (Fsp3) is 0.600. The maximum absolute atomic E-state index is 13.1. The Morgan fingerprint density at radius 2 is 1.63 bits per heavy atom. The van der Waals surface area contributed by atoms with E-state index in [4.69, 9.17) is 9.47 Å². The molecule has 0 aromatic heterocycles. The first kappa shape index (κ1) is 24.0. The molecular weight excluding hydrogens is 378 g/mol. The molecule has 0 unspecified atom stereocenters. The monoisotopic (exact) mass is 415 g/mol. The Morgan fingerprint density at radius 3 is 2.17 bits per heavy atom. The van der Waals surface area contributed by atoms with Gasteiger partial charge < -0.3 is 14.4 Å². The lowest BCUT2D eigenvalue weighted by Crippen LogP contribution is -2.38. The van der Waals surface area contributed by atoms with Gasteiger partial charge in [-0.05, 0) is 77.8 Å². The Bertz CT molecular complexity index is 740. The lowest BCUT2D eigenvalue weighted by Gasteiger charge is -2.28. The molecule has 0 spiro atoms. The van der Waals surface area contributed by atoms with Crippen molar-refractivity contribution >= 4 is 12.1 Å². The van der Waals surface area contributed by atoms with E-state index >= 15 is 0 Å². The van der Waals surface area contributed by atoms with Gasteiger partial charge in [-0.2, -0.15) is 0 Å². The molecule has 2 rings (SSSR count). The highest BCUT2D eigenvalue weighted by Gasteiger charge is 2.39. The van der Waals surface area contributed by atoms with Gasteiger partial charge >= 0.3 is 12.1 Å². The fourth-order valence-electron chi connectivity index (χ4n) is 3.66. The third kappa shape index (κ3) is 7.51. The van der Waals surface area contributed by atoms with Crippen LogP contribution in [-0.4, -0.2) is 41.3 Å². The maximum atomic E-state index is 13.1. The normalized spacial score (nSPS) is 18.1. The van der Waals surface area contributed by atoms with Gasteiger partial charge in [0.25, 0.3) is 0 Å². The Hall–Kier alpha value is -2.30. The molecule has 0 bridgehead atoms. The number of carbonyl (C=O) groups excluding carboxylic acids is 2. The second-order valence-corrected chi connectivity index (χ2v) is 10.1. The number of ether oxygens (including phenoxy) is 2. The summed E-state index contributed by atoms with van der Waals surface area (Å²) in [6.07, 6.45) is 3.74. The van der Waals surface area contributed by atoms with E-state index in [1.807, 2.05) is 47.6 Å². The minimum Gasteiger partial charge on any atom is -0.460 e. The van der Waals surface area contributed by atoms with Crippen molar-refractivity contribution in [3.63, 3.8) is 0 Å². The minimum atomic E-state index is -0.549. The molecule has 166 valence electrons. The second kappa shape index (κ2) is 9.67. The Balaban J connectivity index is 2.14. The predicted octanol–water partition coefficient (Wildman–Crippen LogP) is 5.17. The topological polar surface area (TPSA) is 55.8 Å². The average Bonchev–Trinajstić information content (AvgIpc) is 3.08. The molecule has 1 fully saturated rings. The van der Waals surface area contributed by atoms with E-state index in [-0.39, 0.29) is 23.9 Å². The SMILES string of the molecule is C=CCc1ccc(C[C@H](C(=O)OC(C)(C)C)[C@H]2CCN(C(=O)OC(C)(C)C)C2)cc1. The highest BCUT2D eigenvalue weighted by atomic mass is 16.6. The molecule has 1 aromatic rings. The number of rotatable bonds is 6. The number of hydrogen-bond acceptors (Lipinski definition) is 4. The number of likely N-dealkylation sites (tertiary alicyclic amines) is 1. The third-order valence-electron chi connectivity index (χ3n) is 5.01.